The molecule has 2 amide bonds. The van der Waals surface area contributed by atoms with Gasteiger partial charge in [0.25, 0.3) is 5.91 Å². The first-order chi connectivity index (χ1) is 11.6. The molecule has 1 aromatic heterocycles. The van der Waals surface area contributed by atoms with Crippen LogP contribution in [-0.4, -0.2) is 58.4 Å². The number of ether oxygens (including phenoxy) is 1. The van der Waals surface area contributed by atoms with Crippen LogP contribution in [0.2, 0.25) is 0 Å². The molecule has 8 heteroatoms. The van der Waals surface area contributed by atoms with E-state index in [0.29, 0.717) is 37.1 Å². The van der Waals surface area contributed by atoms with Gasteiger partial charge in [0.15, 0.2) is 5.82 Å². The summed E-state index contributed by atoms with van der Waals surface area (Å²) in [6, 6.07) is 9.56. The minimum atomic E-state index is -0.201. The molecule has 1 fully saturated rings. The van der Waals surface area contributed by atoms with E-state index >= 15 is 0 Å². The first-order valence-corrected chi connectivity index (χ1v) is 8.45. The minimum Gasteiger partial charge on any atom is -0.373 e. The van der Waals surface area contributed by atoms with Gasteiger partial charge in [0, 0.05) is 32.1 Å². The zero-order valence-corrected chi connectivity index (χ0v) is 14.1. The highest BCUT2D eigenvalue weighted by molar-refractivity contribution is 7.07. The van der Waals surface area contributed by atoms with Crippen molar-refractivity contribution < 1.29 is 14.3 Å². The maximum atomic E-state index is 12.6. The van der Waals surface area contributed by atoms with Crippen LogP contribution in [0.25, 0.3) is 11.4 Å². The molecular formula is C16H18N4O3S. The van der Waals surface area contributed by atoms with E-state index in [1.54, 1.807) is 4.90 Å². The van der Waals surface area contributed by atoms with Crippen molar-refractivity contribution in [2.24, 2.45) is 0 Å². The van der Waals surface area contributed by atoms with E-state index in [9.17, 15) is 9.59 Å². The van der Waals surface area contributed by atoms with Crippen molar-refractivity contribution in [3.8, 4) is 11.4 Å². The second-order valence-corrected chi connectivity index (χ2v) is 6.22. The van der Waals surface area contributed by atoms with Crippen LogP contribution >= 0.6 is 11.5 Å². The number of nitrogens with one attached hydrogen (secondary N) is 1. The first kappa shape index (κ1) is 16.5. The summed E-state index contributed by atoms with van der Waals surface area (Å²) in [6.07, 6.45) is -0.201. The third-order valence-corrected chi connectivity index (χ3v) is 4.35. The molecule has 24 heavy (non-hydrogen) atoms. The molecule has 1 N–H and O–H groups in total. The van der Waals surface area contributed by atoms with E-state index in [0.717, 1.165) is 17.1 Å². The van der Waals surface area contributed by atoms with Gasteiger partial charge in [0.05, 0.1) is 12.7 Å². The summed E-state index contributed by atoms with van der Waals surface area (Å²) in [5.41, 5.74) is 0.887. The molecule has 7 nitrogen and oxygen atoms in total. The number of hydrogen-bond donors (Lipinski definition) is 1. The van der Waals surface area contributed by atoms with Crippen LogP contribution in [0.15, 0.2) is 30.3 Å². The number of hydrogen-bond acceptors (Lipinski definition) is 6. The Bertz CT molecular complexity index is 719. The predicted molar refractivity (Wildman–Crippen MR) is 89.7 cm³/mol. The highest BCUT2D eigenvalue weighted by Gasteiger charge is 2.27. The average molecular weight is 346 g/mol. The lowest BCUT2D eigenvalue weighted by molar-refractivity contribution is -0.120. The number of rotatable bonds is 4. The van der Waals surface area contributed by atoms with Gasteiger partial charge in [-0.3, -0.25) is 9.59 Å². The molecule has 1 atom stereocenters. The van der Waals surface area contributed by atoms with Crippen LogP contribution in [0.4, 0.5) is 0 Å². The Labute approximate surface area is 143 Å². The van der Waals surface area contributed by atoms with Crippen LogP contribution in [0, 0.1) is 0 Å². The van der Waals surface area contributed by atoms with Crippen molar-refractivity contribution >= 4 is 23.3 Å². The summed E-state index contributed by atoms with van der Waals surface area (Å²) < 4.78 is 9.85. The summed E-state index contributed by atoms with van der Waals surface area (Å²) in [4.78, 5) is 29.7. The highest BCUT2D eigenvalue weighted by atomic mass is 32.1. The fraction of sp³-hybridized carbons (Fsp3) is 0.375. The molecule has 1 unspecified atom stereocenters. The fourth-order valence-corrected chi connectivity index (χ4v) is 3.09. The number of carbonyl (C=O) groups excluding carboxylic acids is 2. The standard InChI is InChI=1S/C16H18N4O3S/c1-11(21)17-9-13-10-20(7-8-23-13)16(22)15-18-14(19-24-15)12-5-3-2-4-6-12/h2-6,13H,7-10H2,1H3,(H,17,21). The molecular weight excluding hydrogens is 328 g/mol. The van der Waals surface area contributed by atoms with Gasteiger partial charge in [-0.2, -0.15) is 4.37 Å². The number of aromatic nitrogens is 2. The van der Waals surface area contributed by atoms with E-state index in [2.05, 4.69) is 14.7 Å². The molecule has 1 aromatic carbocycles. The van der Waals surface area contributed by atoms with Gasteiger partial charge in [-0.15, -0.1) is 0 Å². The maximum absolute atomic E-state index is 12.6. The molecule has 1 aliphatic rings. The zero-order valence-electron chi connectivity index (χ0n) is 13.3. The zero-order chi connectivity index (χ0) is 16.9. The molecule has 0 spiro atoms. The molecule has 0 aliphatic carbocycles. The lowest BCUT2D eigenvalue weighted by Gasteiger charge is -2.32. The van der Waals surface area contributed by atoms with E-state index in [1.807, 2.05) is 30.3 Å². The number of nitrogens with zero attached hydrogens (tertiary/aromatic N) is 3. The number of amides is 2. The Morgan fingerprint density at radius 1 is 1.38 bits per heavy atom. The van der Waals surface area contributed by atoms with Gasteiger partial charge in [-0.1, -0.05) is 30.3 Å². The first-order valence-electron chi connectivity index (χ1n) is 7.68. The van der Waals surface area contributed by atoms with Crippen LogP contribution in [0.1, 0.15) is 16.7 Å². The molecule has 0 radical (unpaired) electrons. The number of carbonyl (C=O) groups is 2. The van der Waals surface area contributed by atoms with Gasteiger partial charge in [0.1, 0.15) is 0 Å². The quantitative estimate of drug-likeness (QED) is 0.899. The summed E-state index contributed by atoms with van der Waals surface area (Å²) in [6.45, 7) is 3.23. The number of morpholine rings is 1. The molecule has 2 aromatic rings. The van der Waals surface area contributed by atoms with Gasteiger partial charge in [-0.25, -0.2) is 4.98 Å². The van der Waals surface area contributed by atoms with Gasteiger partial charge in [0.2, 0.25) is 10.9 Å². The van der Waals surface area contributed by atoms with Gasteiger partial charge >= 0.3 is 0 Å². The summed E-state index contributed by atoms with van der Waals surface area (Å²) >= 11 is 1.10. The number of benzene rings is 1. The lowest BCUT2D eigenvalue weighted by atomic mass is 10.2. The lowest BCUT2D eigenvalue weighted by Crippen LogP contribution is -2.49. The van der Waals surface area contributed by atoms with Gasteiger partial charge in [-0.05, 0) is 11.5 Å². The van der Waals surface area contributed by atoms with Crippen molar-refractivity contribution in [2.45, 2.75) is 13.0 Å². The van der Waals surface area contributed by atoms with Crippen molar-refractivity contribution in [3.63, 3.8) is 0 Å². The molecule has 0 bridgehead atoms. The van der Waals surface area contributed by atoms with E-state index in [4.69, 9.17) is 4.74 Å². The molecule has 126 valence electrons. The van der Waals surface area contributed by atoms with E-state index in [-0.39, 0.29) is 17.9 Å². The van der Waals surface area contributed by atoms with Crippen molar-refractivity contribution in [2.75, 3.05) is 26.2 Å². The van der Waals surface area contributed by atoms with E-state index in [1.165, 1.54) is 6.92 Å². The molecule has 2 heterocycles. The maximum Gasteiger partial charge on any atom is 0.284 e. The normalized spacial score (nSPS) is 17.5. The Hall–Kier alpha value is -2.32. The largest absolute Gasteiger partial charge is 0.373 e. The monoisotopic (exact) mass is 346 g/mol. The minimum absolute atomic E-state index is 0.112. The van der Waals surface area contributed by atoms with Crippen LogP contribution in [0.5, 0.6) is 0 Å². The smallest absolute Gasteiger partial charge is 0.284 e. The third-order valence-electron chi connectivity index (χ3n) is 3.65. The Kier molecular flexibility index (Phi) is 5.17. The summed E-state index contributed by atoms with van der Waals surface area (Å²) in [5.74, 6) is 0.302. The molecule has 3 rings (SSSR count). The molecule has 1 aliphatic heterocycles. The second kappa shape index (κ2) is 7.50. The van der Waals surface area contributed by atoms with E-state index < -0.39 is 0 Å². The Morgan fingerprint density at radius 3 is 2.92 bits per heavy atom. The van der Waals surface area contributed by atoms with Crippen LogP contribution in [0.3, 0.4) is 0 Å². The SMILES string of the molecule is CC(=O)NCC1CN(C(=O)c2nc(-c3ccccc3)ns2)CCO1. The van der Waals surface area contributed by atoms with Crippen molar-refractivity contribution in [1.82, 2.24) is 19.6 Å². The topological polar surface area (TPSA) is 84.4 Å². The Balaban J connectivity index is 1.66. The van der Waals surface area contributed by atoms with Crippen LogP contribution < -0.4 is 5.32 Å². The van der Waals surface area contributed by atoms with Gasteiger partial charge < -0.3 is 15.0 Å². The van der Waals surface area contributed by atoms with Crippen molar-refractivity contribution in [1.29, 1.82) is 0 Å². The molecule has 0 saturated carbocycles. The predicted octanol–water partition coefficient (Wildman–Crippen LogP) is 1.18. The highest BCUT2D eigenvalue weighted by Crippen LogP contribution is 2.19. The van der Waals surface area contributed by atoms with Crippen molar-refractivity contribution in [3.05, 3.63) is 35.3 Å². The average Bonchev–Trinajstić information content (AvgIpc) is 3.10. The van der Waals surface area contributed by atoms with Crippen LogP contribution in [-0.2, 0) is 9.53 Å². The second-order valence-electron chi connectivity index (χ2n) is 5.47. The third kappa shape index (κ3) is 3.95. The summed E-state index contributed by atoms with van der Waals surface area (Å²) in [5, 5.41) is 3.08. The summed E-state index contributed by atoms with van der Waals surface area (Å²) in [7, 11) is 0. The Morgan fingerprint density at radius 2 is 2.17 bits per heavy atom. The molecule has 1 saturated heterocycles. The fourth-order valence-electron chi connectivity index (χ4n) is 2.43.